The third-order valence-electron chi connectivity index (χ3n) is 6.09. The Labute approximate surface area is 212 Å². The maximum absolute atomic E-state index is 15.2. The molecule has 7 heteroatoms. The fourth-order valence-corrected chi connectivity index (χ4v) is 7.17. The lowest BCUT2D eigenvalue weighted by molar-refractivity contribution is 0.0521. The summed E-state index contributed by atoms with van der Waals surface area (Å²) in [5, 5.41) is 1.73. The zero-order chi connectivity index (χ0) is 26.0. The molecule has 5 rings (SSSR count). The van der Waals surface area contributed by atoms with Gasteiger partial charge >= 0.3 is 5.97 Å². The number of hydrogen-bond donors (Lipinski definition) is 0. The Hall–Kier alpha value is -4.15. The van der Waals surface area contributed by atoms with Gasteiger partial charge in [0.25, 0.3) is 0 Å². The average Bonchev–Trinajstić information content (AvgIpc) is 2.93. The van der Waals surface area contributed by atoms with Crippen molar-refractivity contribution in [3.8, 4) is 11.1 Å². The zero-order valence-corrected chi connectivity index (χ0v) is 20.8. The SMILES string of the molecule is CCOC(=O)c1nc(P(=O)(c2ccccc2)c2ccccc2)c2cc(F)ccc2c1-c1ccc(F)cc1. The fraction of sp³-hybridized carbons (Fsp3) is 0.0667. The van der Waals surface area contributed by atoms with Gasteiger partial charge < -0.3 is 9.30 Å². The molecule has 0 N–H and O–H groups in total. The van der Waals surface area contributed by atoms with Gasteiger partial charge in [0, 0.05) is 21.6 Å². The van der Waals surface area contributed by atoms with Crippen molar-refractivity contribution >= 4 is 39.9 Å². The van der Waals surface area contributed by atoms with E-state index in [4.69, 9.17) is 4.74 Å². The first kappa shape index (κ1) is 24.5. The molecule has 37 heavy (non-hydrogen) atoms. The van der Waals surface area contributed by atoms with E-state index in [0.29, 0.717) is 32.5 Å². The second kappa shape index (κ2) is 10.1. The Balaban J connectivity index is 1.95. The summed E-state index contributed by atoms with van der Waals surface area (Å²) in [6.07, 6.45) is 0. The number of carbonyl (C=O) groups excluding carboxylic acids is 1. The first-order chi connectivity index (χ1) is 17.9. The number of halogens is 2. The van der Waals surface area contributed by atoms with Crippen molar-refractivity contribution in [2.45, 2.75) is 6.92 Å². The normalized spacial score (nSPS) is 11.4. The minimum absolute atomic E-state index is 0.0744. The van der Waals surface area contributed by atoms with Crippen LogP contribution in [0.25, 0.3) is 21.9 Å². The molecule has 5 aromatic rings. The van der Waals surface area contributed by atoms with E-state index in [2.05, 4.69) is 4.98 Å². The first-order valence-electron chi connectivity index (χ1n) is 11.7. The van der Waals surface area contributed by atoms with Crippen LogP contribution in [0.1, 0.15) is 17.4 Å². The van der Waals surface area contributed by atoms with Gasteiger partial charge in [-0.3, -0.25) is 0 Å². The number of pyridine rings is 1. The lowest BCUT2D eigenvalue weighted by atomic mass is 9.97. The molecule has 0 aliphatic rings. The quantitative estimate of drug-likeness (QED) is 0.207. The molecular formula is C30H22F2NO3P. The van der Waals surface area contributed by atoms with Gasteiger partial charge in [-0.05, 0) is 42.1 Å². The monoisotopic (exact) mass is 513 g/mol. The summed E-state index contributed by atoms with van der Waals surface area (Å²) in [4.78, 5) is 17.9. The van der Waals surface area contributed by atoms with Crippen LogP contribution in [-0.2, 0) is 9.30 Å². The Bertz CT molecular complexity index is 1600. The topological polar surface area (TPSA) is 56.3 Å². The van der Waals surface area contributed by atoms with Crippen LogP contribution in [-0.4, -0.2) is 17.6 Å². The predicted octanol–water partition coefficient (Wildman–Crippen LogP) is 6.00. The third kappa shape index (κ3) is 4.45. The number of hydrogen-bond acceptors (Lipinski definition) is 4. The molecule has 4 nitrogen and oxygen atoms in total. The standard InChI is InChI=1S/C30H22F2NO3P/c1-2-36-30(34)28-27(20-13-15-21(31)16-14-20)25-18-17-22(32)19-26(25)29(33-28)37(35,23-9-5-3-6-10-23)24-11-7-4-8-12-24/h3-19H,2H2,1H3. The summed E-state index contributed by atoms with van der Waals surface area (Å²) >= 11 is 0. The average molecular weight is 513 g/mol. The van der Waals surface area contributed by atoms with Crippen LogP contribution in [0.3, 0.4) is 0 Å². The van der Waals surface area contributed by atoms with Crippen molar-refractivity contribution in [2.24, 2.45) is 0 Å². The maximum Gasteiger partial charge on any atom is 0.357 e. The van der Waals surface area contributed by atoms with E-state index in [1.165, 1.54) is 42.5 Å². The smallest absolute Gasteiger partial charge is 0.357 e. The van der Waals surface area contributed by atoms with Crippen molar-refractivity contribution in [3.63, 3.8) is 0 Å². The number of nitrogens with zero attached hydrogens (tertiary/aromatic N) is 1. The molecule has 0 saturated carbocycles. The van der Waals surface area contributed by atoms with Crippen LogP contribution in [0.4, 0.5) is 8.78 Å². The minimum Gasteiger partial charge on any atom is -0.461 e. The predicted molar refractivity (Wildman–Crippen MR) is 142 cm³/mol. The first-order valence-corrected chi connectivity index (χ1v) is 13.4. The number of carbonyl (C=O) groups is 1. The van der Waals surface area contributed by atoms with E-state index < -0.39 is 24.7 Å². The molecule has 0 saturated heterocycles. The second-order valence-electron chi connectivity index (χ2n) is 8.36. The summed E-state index contributed by atoms with van der Waals surface area (Å²) in [5.74, 6) is -1.71. The van der Waals surface area contributed by atoms with Crippen LogP contribution >= 0.6 is 7.14 Å². The molecule has 0 amide bonds. The Morgan fingerprint density at radius 2 is 1.35 bits per heavy atom. The Morgan fingerprint density at radius 3 is 1.92 bits per heavy atom. The highest BCUT2D eigenvalue weighted by Crippen LogP contribution is 2.45. The second-order valence-corrected chi connectivity index (χ2v) is 11.0. The molecule has 0 bridgehead atoms. The minimum atomic E-state index is -3.69. The summed E-state index contributed by atoms with van der Waals surface area (Å²) < 4.78 is 49.0. The van der Waals surface area contributed by atoms with Gasteiger partial charge in [0.2, 0.25) is 0 Å². The van der Waals surface area contributed by atoms with Gasteiger partial charge in [-0.1, -0.05) is 78.9 Å². The van der Waals surface area contributed by atoms with Gasteiger partial charge in [0.15, 0.2) is 12.8 Å². The van der Waals surface area contributed by atoms with E-state index in [1.807, 2.05) is 12.1 Å². The summed E-state index contributed by atoms with van der Waals surface area (Å²) in [5.41, 5.74) is 0.849. The van der Waals surface area contributed by atoms with Crippen LogP contribution in [0.5, 0.6) is 0 Å². The highest BCUT2D eigenvalue weighted by Gasteiger charge is 2.35. The van der Waals surface area contributed by atoms with E-state index in [0.717, 1.165) is 0 Å². The Morgan fingerprint density at radius 1 is 0.784 bits per heavy atom. The summed E-state index contributed by atoms with van der Waals surface area (Å²) in [6.45, 7) is 1.76. The fourth-order valence-electron chi connectivity index (χ4n) is 4.43. The number of fused-ring (bicyclic) bond motifs is 1. The van der Waals surface area contributed by atoms with Crippen LogP contribution in [0.15, 0.2) is 103 Å². The lowest BCUT2D eigenvalue weighted by Gasteiger charge is -2.23. The van der Waals surface area contributed by atoms with Crippen molar-refractivity contribution < 1.29 is 22.9 Å². The lowest BCUT2D eigenvalue weighted by Crippen LogP contribution is -2.29. The van der Waals surface area contributed by atoms with Gasteiger partial charge in [-0.25, -0.2) is 18.6 Å². The van der Waals surface area contributed by atoms with Crippen molar-refractivity contribution in [3.05, 3.63) is 120 Å². The van der Waals surface area contributed by atoms with Crippen LogP contribution in [0, 0.1) is 11.6 Å². The summed E-state index contributed by atoms with van der Waals surface area (Å²) in [7, 11) is -3.69. The van der Waals surface area contributed by atoms with E-state index >= 15 is 4.57 Å². The molecule has 0 fully saturated rings. The van der Waals surface area contributed by atoms with E-state index in [9.17, 15) is 13.6 Å². The van der Waals surface area contributed by atoms with Gasteiger partial charge in [0.05, 0.1) is 6.61 Å². The molecule has 1 heterocycles. The molecule has 0 unspecified atom stereocenters. The zero-order valence-electron chi connectivity index (χ0n) is 19.9. The molecule has 0 atom stereocenters. The number of rotatable bonds is 6. The van der Waals surface area contributed by atoms with Crippen LogP contribution in [0.2, 0.25) is 0 Å². The highest BCUT2D eigenvalue weighted by molar-refractivity contribution is 7.85. The molecule has 0 radical (unpaired) electrons. The molecule has 4 aromatic carbocycles. The van der Waals surface area contributed by atoms with E-state index in [-0.39, 0.29) is 17.7 Å². The van der Waals surface area contributed by atoms with Crippen molar-refractivity contribution in [1.29, 1.82) is 0 Å². The largest absolute Gasteiger partial charge is 0.461 e. The number of aromatic nitrogens is 1. The molecule has 0 aliphatic carbocycles. The van der Waals surface area contributed by atoms with Crippen molar-refractivity contribution in [1.82, 2.24) is 4.98 Å². The molecule has 1 aromatic heterocycles. The van der Waals surface area contributed by atoms with E-state index in [1.54, 1.807) is 55.5 Å². The number of ether oxygens (including phenoxy) is 1. The molecular weight excluding hydrogens is 491 g/mol. The molecule has 184 valence electrons. The third-order valence-corrected chi connectivity index (χ3v) is 9.07. The molecule has 0 spiro atoms. The Kier molecular flexibility index (Phi) is 6.68. The van der Waals surface area contributed by atoms with Gasteiger partial charge in [0.1, 0.15) is 17.1 Å². The van der Waals surface area contributed by atoms with Crippen molar-refractivity contribution in [2.75, 3.05) is 6.61 Å². The maximum atomic E-state index is 15.2. The molecule has 0 aliphatic heterocycles. The number of esters is 1. The summed E-state index contributed by atoms with van der Waals surface area (Å²) in [6, 6.07) is 27.3. The highest BCUT2D eigenvalue weighted by atomic mass is 31.2. The van der Waals surface area contributed by atoms with Crippen LogP contribution < -0.4 is 16.0 Å². The van der Waals surface area contributed by atoms with Gasteiger partial charge in [-0.2, -0.15) is 0 Å². The van der Waals surface area contributed by atoms with Gasteiger partial charge in [-0.15, -0.1) is 0 Å². The number of benzene rings is 4.